The maximum atomic E-state index is 11.7. The van der Waals surface area contributed by atoms with E-state index in [2.05, 4.69) is 51.8 Å². The maximum absolute atomic E-state index is 11.7. The van der Waals surface area contributed by atoms with Crippen LogP contribution in [-0.2, 0) is 12.0 Å². The Labute approximate surface area is 165 Å². The van der Waals surface area contributed by atoms with Gasteiger partial charge in [-0.15, -0.1) is 0 Å². The van der Waals surface area contributed by atoms with Crippen LogP contribution in [-0.4, -0.2) is 45.7 Å². The molecule has 4 rings (SSSR count). The van der Waals surface area contributed by atoms with Gasteiger partial charge in [0.2, 0.25) is 0 Å². The fraction of sp³-hybridized carbons (Fsp3) is 0.304. The molecule has 0 saturated carbocycles. The SMILES string of the molecule is CN1CCC(Cn2ccnc2-c2ccccc2C(=O)O)(c2ccccc2)CC1. The van der Waals surface area contributed by atoms with Crippen molar-refractivity contribution in [1.82, 2.24) is 14.5 Å². The summed E-state index contributed by atoms with van der Waals surface area (Å²) in [6, 6.07) is 17.8. The van der Waals surface area contributed by atoms with Crippen LogP contribution in [0.25, 0.3) is 11.4 Å². The third-order valence-electron chi connectivity index (χ3n) is 5.92. The summed E-state index contributed by atoms with van der Waals surface area (Å²) < 4.78 is 2.13. The lowest BCUT2D eigenvalue weighted by Crippen LogP contribution is -2.43. The number of aromatic nitrogens is 2. The van der Waals surface area contributed by atoms with Gasteiger partial charge in [-0.3, -0.25) is 0 Å². The predicted molar refractivity (Wildman–Crippen MR) is 109 cm³/mol. The summed E-state index contributed by atoms with van der Waals surface area (Å²) >= 11 is 0. The molecule has 1 fully saturated rings. The van der Waals surface area contributed by atoms with Crippen LogP contribution in [0.2, 0.25) is 0 Å². The topological polar surface area (TPSA) is 58.4 Å². The molecule has 0 radical (unpaired) electrons. The third kappa shape index (κ3) is 3.45. The zero-order valence-corrected chi connectivity index (χ0v) is 16.1. The molecule has 2 heterocycles. The molecule has 144 valence electrons. The van der Waals surface area contributed by atoms with Crippen LogP contribution in [0, 0.1) is 0 Å². The number of hydrogen-bond donors (Lipinski definition) is 1. The Hall–Kier alpha value is -2.92. The number of rotatable bonds is 5. The number of hydrogen-bond acceptors (Lipinski definition) is 3. The Bertz CT molecular complexity index is 957. The fourth-order valence-corrected chi connectivity index (χ4v) is 4.25. The van der Waals surface area contributed by atoms with Crippen molar-refractivity contribution in [2.45, 2.75) is 24.8 Å². The van der Waals surface area contributed by atoms with Crippen molar-refractivity contribution in [1.29, 1.82) is 0 Å². The van der Waals surface area contributed by atoms with Gasteiger partial charge in [0.1, 0.15) is 5.82 Å². The first-order chi connectivity index (χ1) is 13.6. The van der Waals surface area contributed by atoms with Crippen LogP contribution < -0.4 is 0 Å². The second-order valence-electron chi connectivity index (χ2n) is 7.68. The second-order valence-corrected chi connectivity index (χ2v) is 7.68. The highest BCUT2D eigenvalue weighted by Gasteiger charge is 2.36. The van der Waals surface area contributed by atoms with Gasteiger partial charge in [-0.25, -0.2) is 9.78 Å². The standard InChI is InChI=1S/C23H25N3O2/c1-25-14-11-23(12-15-25,18-7-3-2-4-8-18)17-26-16-13-24-21(26)19-9-5-6-10-20(19)22(27)28/h2-10,13,16H,11-12,14-15,17H2,1H3,(H,27,28). The zero-order valence-electron chi connectivity index (χ0n) is 16.1. The number of likely N-dealkylation sites (tertiary alicyclic amines) is 1. The lowest BCUT2D eigenvalue weighted by molar-refractivity contribution is 0.0697. The third-order valence-corrected chi connectivity index (χ3v) is 5.92. The van der Waals surface area contributed by atoms with Crippen molar-refractivity contribution in [3.8, 4) is 11.4 Å². The van der Waals surface area contributed by atoms with Gasteiger partial charge >= 0.3 is 5.97 Å². The molecule has 5 nitrogen and oxygen atoms in total. The minimum atomic E-state index is -0.929. The van der Waals surface area contributed by atoms with Gasteiger partial charge in [-0.2, -0.15) is 0 Å². The van der Waals surface area contributed by atoms with E-state index >= 15 is 0 Å². The van der Waals surface area contributed by atoms with Gasteiger partial charge < -0.3 is 14.6 Å². The average molecular weight is 375 g/mol. The molecule has 0 bridgehead atoms. The molecule has 28 heavy (non-hydrogen) atoms. The summed E-state index contributed by atoms with van der Waals surface area (Å²) in [5, 5.41) is 9.59. The highest BCUT2D eigenvalue weighted by molar-refractivity contribution is 5.95. The number of carbonyl (C=O) groups is 1. The predicted octanol–water partition coefficient (Wildman–Crippen LogP) is 3.91. The van der Waals surface area contributed by atoms with Crippen LogP contribution >= 0.6 is 0 Å². The van der Waals surface area contributed by atoms with E-state index in [0.717, 1.165) is 32.5 Å². The van der Waals surface area contributed by atoms with Crippen molar-refractivity contribution in [3.63, 3.8) is 0 Å². The normalized spacial score (nSPS) is 16.8. The summed E-state index contributed by atoms with van der Waals surface area (Å²) in [5.41, 5.74) is 2.30. The van der Waals surface area contributed by atoms with E-state index in [1.54, 1.807) is 18.3 Å². The summed E-state index contributed by atoms with van der Waals surface area (Å²) in [6.45, 7) is 2.88. The van der Waals surface area contributed by atoms with Crippen molar-refractivity contribution in [2.24, 2.45) is 0 Å². The number of carboxylic acid groups (broad SMARTS) is 1. The second kappa shape index (κ2) is 7.60. The Morgan fingerprint density at radius 1 is 1.07 bits per heavy atom. The molecule has 1 aliphatic rings. The quantitative estimate of drug-likeness (QED) is 0.734. The highest BCUT2D eigenvalue weighted by atomic mass is 16.4. The van der Waals surface area contributed by atoms with Crippen LogP contribution in [0.1, 0.15) is 28.8 Å². The van der Waals surface area contributed by atoms with Crippen molar-refractivity contribution in [3.05, 3.63) is 78.1 Å². The lowest BCUT2D eigenvalue weighted by Gasteiger charge is -2.41. The fourth-order valence-electron chi connectivity index (χ4n) is 4.25. The van der Waals surface area contributed by atoms with Gasteiger partial charge in [0, 0.05) is 29.9 Å². The average Bonchev–Trinajstić information content (AvgIpc) is 3.18. The first-order valence-electron chi connectivity index (χ1n) is 9.67. The van der Waals surface area contributed by atoms with Gasteiger partial charge in [0.15, 0.2) is 0 Å². The van der Waals surface area contributed by atoms with Crippen LogP contribution in [0.4, 0.5) is 0 Å². The molecule has 0 spiro atoms. The molecule has 0 unspecified atom stereocenters. The molecule has 0 amide bonds. The first-order valence-corrected chi connectivity index (χ1v) is 9.67. The van der Waals surface area contributed by atoms with E-state index in [9.17, 15) is 9.90 Å². The number of benzene rings is 2. The van der Waals surface area contributed by atoms with Crippen molar-refractivity contribution < 1.29 is 9.90 Å². The molecule has 5 heteroatoms. The molecule has 0 atom stereocenters. The van der Waals surface area contributed by atoms with Crippen LogP contribution in [0.15, 0.2) is 67.0 Å². The molecule has 2 aromatic carbocycles. The van der Waals surface area contributed by atoms with Gasteiger partial charge in [-0.05, 0) is 44.6 Å². The van der Waals surface area contributed by atoms with Gasteiger partial charge in [-0.1, -0.05) is 48.5 Å². The zero-order chi connectivity index (χ0) is 19.6. The summed E-state index contributed by atoms with van der Waals surface area (Å²) in [7, 11) is 2.17. The summed E-state index contributed by atoms with van der Waals surface area (Å²) in [5.74, 6) is -0.213. The number of aromatic carboxylic acids is 1. The van der Waals surface area contributed by atoms with E-state index in [1.807, 2.05) is 18.3 Å². The van der Waals surface area contributed by atoms with Gasteiger partial charge in [0.05, 0.1) is 5.56 Å². The molecule has 0 aliphatic carbocycles. The Morgan fingerprint density at radius 2 is 1.75 bits per heavy atom. The van der Waals surface area contributed by atoms with Crippen LogP contribution in [0.5, 0.6) is 0 Å². The molecular formula is C23H25N3O2. The lowest BCUT2D eigenvalue weighted by atomic mass is 9.72. The Kier molecular flexibility index (Phi) is 5.01. The molecule has 1 aromatic heterocycles. The van der Waals surface area contributed by atoms with E-state index in [4.69, 9.17) is 0 Å². The number of imidazole rings is 1. The molecule has 3 aromatic rings. The number of carboxylic acids is 1. The number of piperidine rings is 1. The largest absolute Gasteiger partial charge is 0.478 e. The van der Waals surface area contributed by atoms with E-state index in [1.165, 1.54) is 5.56 Å². The van der Waals surface area contributed by atoms with Crippen molar-refractivity contribution in [2.75, 3.05) is 20.1 Å². The molecule has 1 aliphatic heterocycles. The summed E-state index contributed by atoms with van der Waals surface area (Å²) in [4.78, 5) is 18.6. The monoisotopic (exact) mass is 375 g/mol. The highest BCUT2D eigenvalue weighted by Crippen LogP contribution is 2.38. The Morgan fingerprint density at radius 3 is 2.46 bits per heavy atom. The molecule has 1 saturated heterocycles. The van der Waals surface area contributed by atoms with Crippen molar-refractivity contribution >= 4 is 5.97 Å². The van der Waals surface area contributed by atoms with E-state index in [-0.39, 0.29) is 11.0 Å². The summed E-state index contributed by atoms with van der Waals surface area (Å²) in [6.07, 6.45) is 5.86. The van der Waals surface area contributed by atoms with Crippen LogP contribution in [0.3, 0.4) is 0 Å². The maximum Gasteiger partial charge on any atom is 0.336 e. The first kappa shape index (κ1) is 18.4. The Balaban J connectivity index is 1.75. The van der Waals surface area contributed by atoms with E-state index < -0.39 is 5.97 Å². The number of nitrogens with zero attached hydrogens (tertiary/aromatic N) is 3. The minimum Gasteiger partial charge on any atom is -0.478 e. The van der Waals surface area contributed by atoms with E-state index in [0.29, 0.717) is 11.4 Å². The van der Waals surface area contributed by atoms with Gasteiger partial charge in [0.25, 0.3) is 0 Å². The molecular weight excluding hydrogens is 350 g/mol. The smallest absolute Gasteiger partial charge is 0.336 e. The molecule has 1 N–H and O–H groups in total. The minimum absolute atomic E-state index is 0.0153.